The van der Waals surface area contributed by atoms with E-state index in [1.54, 1.807) is 52.9 Å². The van der Waals surface area contributed by atoms with Crippen molar-refractivity contribution in [1.29, 1.82) is 0 Å². The number of rotatable bonds is 3. The van der Waals surface area contributed by atoms with Crippen molar-refractivity contribution in [2.45, 2.75) is 4.90 Å². The van der Waals surface area contributed by atoms with Gasteiger partial charge < -0.3 is 4.74 Å². The second-order valence-corrected chi connectivity index (χ2v) is 7.47. The van der Waals surface area contributed by atoms with Crippen LogP contribution in [0.2, 0.25) is 0 Å². The number of carbonyl (C=O) groups excluding carboxylic acids is 1. The van der Waals surface area contributed by atoms with E-state index < -0.39 is 16.1 Å². The zero-order valence-corrected chi connectivity index (χ0v) is 15.4. The highest BCUT2D eigenvalue weighted by atomic mass is 127. The van der Waals surface area contributed by atoms with Crippen molar-refractivity contribution in [3.63, 3.8) is 0 Å². The molecule has 2 aromatic rings. The quantitative estimate of drug-likeness (QED) is 0.285. The molecule has 0 heterocycles. The SMILES string of the molecule is O=C(Oc1ccc(S(=O)(=O)O)c(I)c1I)c1ccccc1. The summed E-state index contributed by atoms with van der Waals surface area (Å²) >= 11 is 3.64. The minimum Gasteiger partial charge on any atom is -0.422 e. The molecule has 0 fully saturated rings. The maximum atomic E-state index is 12.0. The summed E-state index contributed by atoms with van der Waals surface area (Å²) in [5, 5.41) is 0. The Balaban J connectivity index is 2.35. The van der Waals surface area contributed by atoms with Crippen LogP contribution in [-0.2, 0) is 10.1 Å². The molecule has 2 rings (SSSR count). The number of hydrogen-bond acceptors (Lipinski definition) is 4. The number of ether oxygens (including phenoxy) is 1. The third-order valence-corrected chi connectivity index (χ3v) is 6.99. The van der Waals surface area contributed by atoms with E-state index in [-0.39, 0.29) is 10.6 Å². The summed E-state index contributed by atoms with van der Waals surface area (Å²) in [4.78, 5) is 11.7. The molecule has 8 heteroatoms. The molecule has 0 bridgehead atoms. The van der Waals surface area contributed by atoms with Crippen molar-refractivity contribution in [2.75, 3.05) is 0 Å². The summed E-state index contributed by atoms with van der Waals surface area (Å²) in [7, 11) is -4.31. The highest BCUT2D eigenvalue weighted by Crippen LogP contribution is 2.31. The van der Waals surface area contributed by atoms with Gasteiger partial charge in [0, 0.05) is 0 Å². The predicted molar refractivity (Wildman–Crippen MR) is 93.1 cm³/mol. The molecule has 0 aliphatic heterocycles. The van der Waals surface area contributed by atoms with Gasteiger partial charge >= 0.3 is 5.97 Å². The molecular weight excluding hydrogens is 522 g/mol. The Labute approximate surface area is 148 Å². The standard InChI is InChI=1S/C13H8I2O5S/c14-11-9(6-7-10(12(11)15)21(17,18)19)20-13(16)8-4-2-1-3-5-8/h1-7H,(H,17,18,19). The molecule has 0 aliphatic rings. The fourth-order valence-corrected chi connectivity index (χ4v) is 4.14. The van der Waals surface area contributed by atoms with Gasteiger partial charge in [-0.2, -0.15) is 8.42 Å². The minimum atomic E-state index is -4.31. The molecule has 2 aromatic carbocycles. The lowest BCUT2D eigenvalue weighted by Crippen LogP contribution is -2.10. The largest absolute Gasteiger partial charge is 0.422 e. The summed E-state index contributed by atoms with van der Waals surface area (Å²) in [6, 6.07) is 11.0. The lowest BCUT2D eigenvalue weighted by Gasteiger charge is -2.10. The van der Waals surface area contributed by atoms with Gasteiger partial charge in [0.2, 0.25) is 0 Å². The first kappa shape index (κ1) is 16.6. The Morgan fingerprint density at radius 2 is 1.62 bits per heavy atom. The summed E-state index contributed by atoms with van der Waals surface area (Å²) < 4.78 is 37.5. The van der Waals surface area contributed by atoms with Crippen molar-refractivity contribution in [2.24, 2.45) is 0 Å². The molecule has 110 valence electrons. The fraction of sp³-hybridized carbons (Fsp3) is 0. The third kappa shape index (κ3) is 3.93. The molecular formula is C13H8I2O5S. The molecule has 0 unspecified atom stereocenters. The average molecular weight is 530 g/mol. The third-order valence-electron chi connectivity index (χ3n) is 2.50. The molecule has 21 heavy (non-hydrogen) atoms. The minimum absolute atomic E-state index is 0.216. The molecule has 5 nitrogen and oxygen atoms in total. The summed E-state index contributed by atoms with van der Waals surface area (Å²) in [6.07, 6.45) is 0. The Bertz CT molecular complexity index is 788. The second kappa shape index (κ2) is 6.58. The molecule has 0 aromatic heterocycles. The van der Waals surface area contributed by atoms with Crippen LogP contribution >= 0.6 is 45.2 Å². The topological polar surface area (TPSA) is 80.7 Å². The van der Waals surface area contributed by atoms with Gasteiger partial charge in [-0.25, -0.2) is 4.79 Å². The molecule has 0 radical (unpaired) electrons. The van der Waals surface area contributed by atoms with Crippen molar-refractivity contribution in [3.05, 3.63) is 55.2 Å². The maximum absolute atomic E-state index is 12.0. The van der Waals surface area contributed by atoms with Crippen LogP contribution < -0.4 is 4.74 Å². The van der Waals surface area contributed by atoms with E-state index in [1.165, 1.54) is 12.1 Å². The highest BCUT2D eigenvalue weighted by Gasteiger charge is 2.20. The first-order valence-corrected chi connectivity index (χ1v) is 9.13. The molecule has 0 spiro atoms. The lowest BCUT2D eigenvalue weighted by atomic mass is 10.2. The van der Waals surface area contributed by atoms with Crippen LogP contribution in [0.15, 0.2) is 47.4 Å². The van der Waals surface area contributed by atoms with Crippen molar-refractivity contribution >= 4 is 61.3 Å². The number of carbonyl (C=O) groups is 1. The van der Waals surface area contributed by atoms with Crippen LogP contribution in [0.4, 0.5) is 0 Å². The van der Waals surface area contributed by atoms with E-state index in [0.717, 1.165) is 0 Å². The van der Waals surface area contributed by atoms with Crippen molar-refractivity contribution in [3.8, 4) is 5.75 Å². The fourth-order valence-electron chi connectivity index (χ4n) is 1.53. The normalized spacial score (nSPS) is 11.2. The Morgan fingerprint density at radius 1 is 1.00 bits per heavy atom. The molecule has 0 saturated carbocycles. The lowest BCUT2D eigenvalue weighted by molar-refractivity contribution is 0.0733. The van der Waals surface area contributed by atoms with E-state index in [0.29, 0.717) is 12.7 Å². The van der Waals surface area contributed by atoms with E-state index in [2.05, 4.69) is 0 Å². The monoisotopic (exact) mass is 530 g/mol. The molecule has 0 atom stereocenters. The molecule has 1 N–H and O–H groups in total. The van der Waals surface area contributed by atoms with Gasteiger partial charge in [-0.3, -0.25) is 4.55 Å². The van der Waals surface area contributed by atoms with E-state index in [1.807, 2.05) is 22.6 Å². The Hall–Kier alpha value is -0.720. The van der Waals surface area contributed by atoms with Gasteiger partial charge in [0.15, 0.2) is 0 Å². The van der Waals surface area contributed by atoms with Crippen molar-refractivity contribution < 1.29 is 22.5 Å². The Morgan fingerprint density at radius 3 is 2.19 bits per heavy atom. The van der Waals surface area contributed by atoms with Crippen LogP contribution in [0.25, 0.3) is 0 Å². The summed E-state index contributed by atoms with van der Waals surface area (Å²) in [5.41, 5.74) is 0.391. The van der Waals surface area contributed by atoms with Gasteiger partial charge in [0.25, 0.3) is 10.1 Å². The first-order chi connectivity index (χ1) is 9.80. The molecule has 0 aliphatic carbocycles. The smallest absolute Gasteiger partial charge is 0.343 e. The maximum Gasteiger partial charge on any atom is 0.343 e. The van der Waals surface area contributed by atoms with Gasteiger partial charge in [-0.05, 0) is 69.4 Å². The number of hydrogen-bond donors (Lipinski definition) is 1. The van der Waals surface area contributed by atoms with E-state index in [4.69, 9.17) is 9.29 Å². The van der Waals surface area contributed by atoms with E-state index >= 15 is 0 Å². The van der Waals surface area contributed by atoms with Crippen LogP contribution in [-0.4, -0.2) is 18.9 Å². The van der Waals surface area contributed by atoms with Gasteiger partial charge in [-0.15, -0.1) is 0 Å². The van der Waals surface area contributed by atoms with Crippen LogP contribution in [0.1, 0.15) is 10.4 Å². The predicted octanol–water partition coefficient (Wildman–Crippen LogP) is 3.36. The van der Waals surface area contributed by atoms with Gasteiger partial charge in [-0.1, -0.05) is 18.2 Å². The zero-order valence-electron chi connectivity index (χ0n) is 10.3. The zero-order chi connectivity index (χ0) is 15.6. The number of halogens is 2. The summed E-state index contributed by atoms with van der Waals surface area (Å²) in [5.74, 6) is -0.301. The van der Waals surface area contributed by atoms with Crippen LogP contribution in [0, 0.1) is 7.14 Å². The van der Waals surface area contributed by atoms with Crippen LogP contribution in [0.5, 0.6) is 5.75 Å². The van der Waals surface area contributed by atoms with E-state index in [9.17, 15) is 13.2 Å². The number of esters is 1. The van der Waals surface area contributed by atoms with Gasteiger partial charge in [0.05, 0.1) is 12.7 Å². The van der Waals surface area contributed by atoms with Crippen LogP contribution in [0.3, 0.4) is 0 Å². The van der Waals surface area contributed by atoms with Gasteiger partial charge in [0.1, 0.15) is 10.6 Å². The highest BCUT2D eigenvalue weighted by molar-refractivity contribution is 14.1. The summed E-state index contributed by atoms with van der Waals surface area (Å²) in [6.45, 7) is 0. The molecule has 0 saturated heterocycles. The first-order valence-electron chi connectivity index (χ1n) is 5.53. The molecule has 0 amide bonds. The Kier molecular flexibility index (Phi) is 5.22. The second-order valence-electron chi connectivity index (χ2n) is 3.92. The average Bonchev–Trinajstić information content (AvgIpc) is 2.43. The number of benzene rings is 2. The van der Waals surface area contributed by atoms with Crippen molar-refractivity contribution in [1.82, 2.24) is 0 Å².